The Balaban J connectivity index is 1.81. The van der Waals surface area contributed by atoms with Crippen LogP contribution in [0.4, 0.5) is 0 Å². The zero-order chi connectivity index (χ0) is 26.2. The summed E-state index contributed by atoms with van der Waals surface area (Å²) in [6.07, 6.45) is -0.690. The second-order valence-corrected chi connectivity index (χ2v) is 8.22. The highest BCUT2D eigenvalue weighted by molar-refractivity contribution is 6.02. The minimum atomic E-state index is -1.15. The summed E-state index contributed by atoms with van der Waals surface area (Å²) in [5.41, 5.74) is 2.24. The maximum absolute atomic E-state index is 11.4. The number of benzene rings is 1. The molecule has 0 aliphatic heterocycles. The van der Waals surface area contributed by atoms with Gasteiger partial charge in [-0.25, -0.2) is 9.97 Å². The van der Waals surface area contributed by atoms with Crippen LogP contribution in [-0.4, -0.2) is 66.4 Å². The zero-order valence-corrected chi connectivity index (χ0v) is 19.2. The summed E-state index contributed by atoms with van der Waals surface area (Å²) < 4.78 is 0. The van der Waals surface area contributed by atoms with Crippen molar-refractivity contribution < 1.29 is 39.6 Å². The maximum Gasteiger partial charge on any atom is 0.320 e. The number of carboxylic acids is 4. The summed E-state index contributed by atoms with van der Waals surface area (Å²) in [4.78, 5) is 53.7. The van der Waals surface area contributed by atoms with Gasteiger partial charge in [-0.3, -0.25) is 29.8 Å². The fourth-order valence-corrected chi connectivity index (χ4v) is 3.66. The molecular formula is C24H26N4O8. The van der Waals surface area contributed by atoms with Crippen molar-refractivity contribution in [3.63, 3.8) is 0 Å². The molecule has 0 bridgehead atoms. The average Bonchev–Trinajstić information content (AvgIpc) is 2.82. The topological polar surface area (TPSA) is 199 Å². The number of carbonyl (C=O) groups is 4. The van der Waals surface area contributed by atoms with Gasteiger partial charge in [0.15, 0.2) is 0 Å². The van der Waals surface area contributed by atoms with Crippen LogP contribution in [-0.2, 0) is 32.3 Å². The van der Waals surface area contributed by atoms with E-state index in [2.05, 4.69) is 20.6 Å². The zero-order valence-electron chi connectivity index (χ0n) is 19.2. The van der Waals surface area contributed by atoms with E-state index in [9.17, 15) is 29.4 Å². The standard InChI is InChI=1S/C24H26N4O8/c29-19(30)9-7-17(23(33)34)25-11-15-5-3-13-1-2-14-4-6-16(28-22(14)21(13)27-15)12-26-18(24(35)36)8-10-20(31)32/h1-6,17-18,25-26H,7-12H2,(H,29,30)(H,31,32)(H,33,34)(H,35,36)/t17-,18-/m0/s1. The van der Waals surface area contributed by atoms with E-state index in [0.29, 0.717) is 22.4 Å². The highest BCUT2D eigenvalue weighted by atomic mass is 16.4. The van der Waals surface area contributed by atoms with Crippen LogP contribution < -0.4 is 10.6 Å². The van der Waals surface area contributed by atoms with E-state index in [1.165, 1.54) is 0 Å². The van der Waals surface area contributed by atoms with E-state index in [4.69, 9.17) is 10.2 Å². The first-order chi connectivity index (χ1) is 17.1. The first-order valence-corrected chi connectivity index (χ1v) is 11.2. The summed E-state index contributed by atoms with van der Waals surface area (Å²) in [6.45, 7) is 0.210. The first kappa shape index (κ1) is 26.4. The minimum absolute atomic E-state index is 0.0666. The van der Waals surface area contributed by atoms with E-state index in [0.717, 1.165) is 10.8 Å². The average molecular weight is 498 g/mol. The molecule has 12 nitrogen and oxygen atoms in total. The Morgan fingerprint density at radius 1 is 0.639 bits per heavy atom. The molecule has 190 valence electrons. The van der Waals surface area contributed by atoms with Crippen molar-refractivity contribution in [2.75, 3.05) is 0 Å². The van der Waals surface area contributed by atoms with Crippen LogP contribution in [0.2, 0.25) is 0 Å². The van der Waals surface area contributed by atoms with Crippen LogP contribution in [0, 0.1) is 0 Å². The molecule has 2 aromatic heterocycles. The highest BCUT2D eigenvalue weighted by Crippen LogP contribution is 2.23. The number of pyridine rings is 2. The largest absolute Gasteiger partial charge is 0.481 e. The number of rotatable bonds is 14. The molecule has 0 unspecified atom stereocenters. The number of aliphatic carboxylic acids is 4. The van der Waals surface area contributed by atoms with E-state index in [1.54, 1.807) is 12.1 Å². The van der Waals surface area contributed by atoms with Gasteiger partial charge in [0.2, 0.25) is 0 Å². The second kappa shape index (κ2) is 12.0. The monoisotopic (exact) mass is 498 g/mol. The summed E-state index contributed by atoms with van der Waals surface area (Å²) in [7, 11) is 0. The van der Waals surface area contributed by atoms with E-state index >= 15 is 0 Å². The summed E-state index contributed by atoms with van der Waals surface area (Å²) in [5, 5.41) is 43.6. The minimum Gasteiger partial charge on any atom is -0.481 e. The van der Waals surface area contributed by atoms with Crippen molar-refractivity contribution in [1.82, 2.24) is 20.6 Å². The molecule has 2 atom stereocenters. The number of nitrogens with one attached hydrogen (secondary N) is 2. The van der Waals surface area contributed by atoms with Crippen molar-refractivity contribution in [2.24, 2.45) is 0 Å². The Kier molecular flexibility index (Phi) is 8.81. The molecule has 0 saturated carbocycles. The normalized spacial score (nSPS) is 12.9. The predicted molar refractivity (Wildman–Crippen MR) is 127 cm³/mol. The van der Waals surface area contributed by atoms with Gasteiger partial charge in [-0.2, -0.15) is 0 Å². The lowest BCUT2D eigenvalue weighted by Crippen LogP contribution is -2.36. The van der Waals surface area contributed by atoms with Crippen LogP contribution in [0.1, 0.15) is 37.1 Å². The van der Waals surface area contributed by atoms with Crippen LogP contribution in [0.5, 0.6) is 0 Å². The maximum atomic E-state index is 11.4. The summed E-state index contributed by atoms with van der Waals surface area (Å²) >= 11 is 0. The third-order valence-corrected chi connectivity index (χ3v) is 5.58. The molecule has 0 aliphatic rings. The van der Waals surface area contributed by atoms with Gasteiger partial charge in [0.25, 0.3) is 0 Å². The molecule has 0 aliphatic carbocycles. The van der Waals surface area contributed by atoms with Gasteiger partial charge >= 0.3 is 23.9 Å². The fraction of sp³-hybridized carbons (Fsp3) is 0.333. The van der Waals surface area contributed by atoms with Gasteiger partial charge < -0.3 is 20.4 Å². The van der Waals surface area contributed by atoms with Gasteiger partial charge in [-0.05, 0) is 25.0 Å². The molecular weight excluding hydrogens is 472 g/mol. The van der Waals surface area contributed by atoms with Crippen LogP contribution in [0.25, 0.3) is 21.8 Å². The molecule has 6 N–H and O–H groups in total. The summed E-state index contributed by atoms with van der Waals surface area (Å²) in [5.74, 6) is -4.45. The van der Waals surface area contributed by atoms with Crippen molar-refractivity contribution in [2.45, 2.75) is 50.9 Å². The number of fused-ring (bicyclic) bond motifs is 3. The third-order valence-electron chi connectivity index (χ3n) is 5.58. The Labute approximate surface area is 205 Å². The van der Waals surface area contributed by atoms with Gasteiger partial charge in [-0.1, -0.05) is 24.3 Å². The number of aromatic nitrogens is 2. The number of nitrogens with zero attached hydrogens (tertiary/aromatic N) is 2. The molecule has 1 aromatic carbocycles. The first-order valence-electron chi connectivity index (χ1n) is 11.2. The van der Waals surface area contributed by atoms with Crippen LogP contribution in [0.15, 0.2) is 36.4 Å². The molecule has 2 heterocycles. The summed E-state index contributed by atoms with van der Waals surface area (Å²) in [6, 6.07) is 8.80. The predicted octanol–water partition coefficient (Wildman–Crippen LogP) is 1.60. The highest BCUT2D eigenvalue weighted by Gasteiger charge is 2.19. The van der Waals surface area contributed by atoms with E-state index in [1.807, 2.05) is 24.3 Å². The van der Waals surface area contributed by atoms with Gasteiger partial charge in [0, 0.05) is 36.7 Å². The van der Waals surface area contributed by atoms with Crippen LogP contribution in [0.3, 0.4) is 0 Å². The van der Waals surface area contributed by atoms with Gasteiger partial charge in [-0.15, -0.1) is 0 Å². The SMILES string of the molecule is O=C(O)CC[C@H](NCc1ccc2ccc3ccc(CN[C@@H](CCC(=O)O)C(=O)O)nc3c2n1)C(=O)O. The van der Waals surface area contributed by atoms with Gasteiger partial charge in [0.1, 0.15) is 12.1 Å². The Morgan fingerprint density at radius 3 is 1.33 bits per heavy atom. The number of carboxylic acid groups (broad SMARTS) is 4. The molecule has 0 amide bonds. The lowest BCUT2D eigenvalue weighted by atomic mass is 10.1. The molecule has 3 rings (SSSR count). The van der Waals surface area contributed by atoms with E-state index in [-0.39, 0.29) is 38.8 Å². The molecule has 0 radical (unpaired) electrons. The molecule has 0 fully saturated rings. The Bertz CT molecular complexity index is 1200. The Morgan fingerprint density at radius 2 is 1.00 bits per heavy atom. The molecule has 0 saturated heterocycles. The van der Waals surface area contributed by atoms with Gasteiger partial charge in [0.05, 0.1) is 22.4 Å². The van der Waals surface area contributed by atoms with Crippen molar-refractivity contribution in [1.29, 1.82) is 0 Å². The lowest BCUT2D eigenvalue weighted by Gasteiger charge is -2.14. The molecule has 12 heteroatoms. The van der Waals surface area contributed by atoms with Crippen LogP contribution >= 0.6 is 0 Å². The fourth-order valence-electron chi connectivity index (χ4n) is 3.66. The second-order valence-electron chi connectivity index (χ2n) is 8.22. The molecule has 0 spiro atoms. The van der Waals surface area contributed by atoms with E-state index < -0.39 is 36.0 Å². The molecule has 36 heavy (non-hydrogen) atoms. The van der Waals surface area contributed by atoms with Crippen molar-refractivity contribution >= 4 is 45.7 Å². The smallest absolute Gasteiger partial charge is 0.320 e. The number of hydrogen-bond acceptors (Lipinski definition) is 8. The third kappa shape index (κ3) is 7.17. The number of hydrogen-bond donors (Lipinski definition) is 6. The van der Waals surface area contributed by atoms with Crippen molar-refractivity contribution in [3.8, 4) is 0 Å². The lowest BCUT2D eigenvalue weighted by molar-refractivity contribution is -0.142. The van der Waals surface area contributed by atoms with Crippen molar-refractivity contribution in [3.05, 3.63) is 47.8 Å². The quantitative estimate of drug-likeness (QED) is 0.176. The Hall–Kier alpha value is -4.16. The molecule has 3 aromatic rings.